The number of nitrogens with zero attached hydrogens (tertiary/aromatic N) is 3. The van der Waals surface area contributed by atoms with Crippen LogP contribution in [0.5, 0.6) is 0 Å². The maximum Gasteiger partial charge on any atom is 0.256 e. The zero-order valence-electron chi connectivity index (χ0n) is 15.8. The van der Waals surface area contributed by atoms with Crippen LogP contribution < -0.4 is 5.32 Å². The average molecular weight is 419 g/mol. The number of hydrogen-bond acceptors (Lipinski definition) is 6. The smallest absolute Gasteiger partial charge is 0.256 e. The summed E-state index contributed by atoms with van der Waals surface area (Å²) in [6.45, 7) is 4.74. The first-order valence-corrected chi connectivity index (χ1v) is 11.4. The maximum absolute atomic E-state index is 12.8. The van der Waals surface area contributed by atoms with Crippen molar-refractivity contribution in [2.45, 2.75) is 31.6 Å². The molecule has 3 rings (SSSR count). The third-order valence-corrected chi connectivity index (χ3v) is 7.17. The van der Waals surface area contributed by atoms with Gasteiger partial charge in [-0.2, -0.15) is 4.31 Å². The molecule has 7 nitrogen and oxygen atoms in total. The summed E-state index contributed by atoms with van der Waals surface area (Å²) in [5.74, 6) is 0.0816. The average Bonchev–Trinajstić information content (AvgIpc) is 3.18. The molecule has 0 aliphatic rings. The molecule has 0 atom stereocenters. The summed E-state index contributed by atoms with van der Waals surface area (Å²) in [6, 6.07) is 7.82. The van der Waals surface area contributed by atoms with Crippen LogP contribution in [-0.4, -0.2) is 41.7 Å². The molecule has 2 aromatic heterocycles. The van der Waals surface area contributed by atoms with Gasteiger partial charge in [0.05, 0.1) is 10.3 Å². The van der Waals surface area contributed by atoms with Gasteiger partial charge in [0.15, 0.2) is 0 Å². The van der Waals surface area contributed by atoms with Crippen molar-refractivity contribution in [2.24, 2.45) is 0 Å². The fourth-order valence-electron chi connectivity index (χ4n) is 2.78. The Hall–Kier alpha value is -2.36. The highest BCUT2D eigenvalue weighted by atomic mass is 32.2. The molecule has 3 aromatic rings. The highest BCUT2D eigenvalue weighted by Crippen LogP contribution is 2.24. The first-order valence-electron chi connectivity index (χ1n) is 9.07. The highest BCUT2D eigenvalue weighted by molar-refractivity contribution is 7.89. The predicted molar refractivity (Wildman–Crippen MR) is 111 cm³/mol. The van der Waals surface area contributed by atoms with Gasteiger partial charge in [0.2, 0.25) is 10.0 Å². The minimum absolute atomic E-state index is 0.185. The van der Waals surface area contributed by atoms with Gasteiger partial charge in [-0.05, 0) is 42.1 Å². The van der Waals surface area contributed by atoms with Gasteiger partial charge in [-0.25, -0.2) is 18.4 Å². The Balaban J connectivity index is 1.78. The van der Waals surface area contributed by atoms with E-state index in [-0.39, 0.29) is 10.8 Å². The molecule has 0 saturated heterocycles. The van der Waals surface area contributed by atoms with Crippen molar-refractivity contribution in [2.75, 3.05) is 18.4 Å². The SMILES string of the molecule is CCCCN(CC)S(=O)(=O)c1ccc(C(=O)Nc2ncnc3sccc23)cc1. The number of fused-ring (bicyclic) bond motifs is 1. The van der Waals surface area contributed by atoms with E-state index in [1.165, 1.54) is 46.2 Å². The molecule has 1 N–H and O–H groups in total. The lowest BCUT2D eigenvalue weighted by molar-refractivity contribution is 0.102. The Labute approximate surface area is 168 Å². The number of unbranched alkanes of at least 4 members (excludes halogenated alkanes) is 1. The van der Waals surface area contributed by atoms with E-state index in [9.17, 15) is 13.2 Å². The third kappa shape index (κ3) is 4.21. The summed E-state index contributed by atoms with van der Waals surface area (Å²) < 4.78 is 27.0. The molecule has 2 heterocycles. The van der Waals surface area contributed by atoms with Crippen LogP contribution >= 0.6 is 11.3 Å². The molecular formula is C19H22N4O3S2. The second-order valence-electron chi connectivity index (χ2n) is 6.19. The Kier molecular flexibility index (Phi) is 6.38. The van der Waals surface area contributed by atoms with Crippen LogP contribution in [0.4, 0.5) is 5.82 Å². The van der Waals surface area contributed by atoms with Crippen molar-refractivity contribution in [3.05, 3.63) is 47.6 Å². The number of anilines is 1. The molecular weight excluding hydrogens is 396 g/mol. The molecule has 0 unspecified atom stereocenters. The van der Waals surface area contributed by atoms with Crippen LogP contribution in [0, 0.1) is 0 Å². The number of hydrogen-bond donors (Lipinski definition) is 1. The van der Waals surface area contributed by atoms with E-state index < -0.39 is 10.0 Å². The second-order valence-corrected chi connectivity index (χ2v) is 9.02. The van der Waals surface area contributed by atoms with Crippen molar-refractivity contribution in [3.63, 3.8) is 0 Å². The van der Waals surface area contributed by atoms with E-state index in [1.807, 2.05) is 25.3 Å². The van der Waals surface area contributed by atoms with Crippen LogP contribution in [0.25, 0.3) is 10.2 Å². The van der Waals surface area contributed by atoms with E-state index >= 15 is 0 Å². The van der Waals surface area contributed by atoms with Crippen molar-refractivity contribution in [1.82, 2.24) is 14.3 Å². The molecule has 0 saturated carbocycles. The summed E-state index contributed by atoms with van der Waals surface area (Å²) in [7, 11) is -3.56. The van der Waals surface area contributed by atoms with Gasteiger partial charge in [-0.15, -0.1) is 11.3 Å². The number of sulfonamides is 1. The molecule has 1 amide bonds. The number of benzene rings is 1. The number of amides is 1. The molecule has 0 bridgehead atoms. The van der Waals surface area contributed by atoms with Gasteiger partial charge < -0.3 is 5.32 Å². The van der Waals surface area contributed by atoms with Gasteiger partial charge in [-0.1, -0.05) is 20.3 Å². The van der Waals surface area contributed by atoms with Crippen LogP contribution in [0.15, 0.2) is 46.9 Å². The molecule has 0 aliphatic carbocycles. The Morgan fingerprint density at radius 3 is 2.57 bits per heavy atom. The van der Waals surface area contributed by atoms with Crippen LogP contribution in [0.3, 0.4) is 0 Å². The van der Waals surface area contributed by atoms with Gasteiger partial charge in [0.1, 0.15) is 17.0 Å². The fraction of sp³-hybridized carbons (Fsp3) is 0.316. The summed E-state index contributed by atoms with van der Waals surface area (Å²) in [6.07, 6.45) is 3.13. The normalized spacial score (nSPS) is 11.8. The molecule has 1 aromatic carbocycles. The second kappa shape index (κ2) is 8.76. The van der Waals surface area contributed by atoms with Gasteiger partial charge >= 0.3 is 0 Å². The minimum Gasteiger partial charge on any atom is -0.306 e. The first kappa shape index (κ1) is 20.4. The molecule has 0 spiro atoms. The molecule has 0 fully saturated rings. The molecule has 0 aliphatic heterocycles. The molecule has 9 heteroatoms. The zero-order valence-corrected chi connectivity index (χ0v) is 17.4. The van der Waals surface area contributed by atoms with Crippen molar-refractivity contribution in [3.8, 4) is 0 Å². The molecule has 148 valence electrons. The lowest BCUT2D eigenvalue weighted by atomic mass is 10.2. The summed E-state index contributed by atoms with van der Waals surface area (Å²) in [4.78, 5) is 21.8. The summed E-state index contributed by atoms with van der Waals surface area (Å²) in [5, 5.41) is 5.42. The minimum atomic E-state index is -3.56. The molecule has 28 heavy (non-hydrogen) atoms. The maximum atomic E-state index is 12.8. The van der Waals surface area contributed by atoms with E-state index in [4.69, 9.17) is 0 Å². The van der Waals surface area contributed by atoms with E-state index in [0.29, 0.717) is 24.5 Å². The van der Waals surface area contributed by atoms with Crippen LogP contribution in [0.1, 0.15) is 37.0 Å². The number of rotatable bonds is 8. The van der Waals surface area contributed by atoms with Gasteiger partial charge in [0, 0.05) is 18.7 Å². The van der Waals surface area contributed by atoms with E-state index in [0.717, 1.165) is 23.1 Å². The lowest BCUT2D eigenvalue weighted by Crippen LogP contribution is -2.31. The Morgan fingerprint density at radius 2 is 1.89 bits per heavy atom. The number of aromatic nitrogens is 2. The standard InChI is InChI=1S/C19H22N4O3S2/c1-3-5-11-23(4-2)28(25,26)15-8-6-14(7-9-15)18(24)22-17-16-10-12-27-19(16)21-13-20-17/h6-10,12-13H,3-5,11H2,1-2H3,(H,20,21,22,24). The molecule has 0 radical (unpaired) electrons. The number of carbonyl (C=O) groups is 1. The van der Waals surface area contributed by atoms with Gasteiger partial charge in [-0.3, -0.25) is 4.79 Å². The fourth-order valence-corrected chi connectivity index (χ4v) is 5.00. The predicted octanol–water partition coefficient (Wildman–Crippen LogP) is 3.75. The topological polar surface area (TPSA) is 92.3 Å². The number of carbonyl (C=O) groups excluding carboxylic acids is 1. The van der Waals surface area contributed by atoms with Gasteiger partial charge in [0.25, 0.3) is 5.91 Å². The Bertz CT molecular complexity index is 1060. The zero-order chi connectivity index (χ0) is 20.1. The third-order valence-electron chi connectivity index (χ3n) is 4.36. The van der Waals surface area contributed by atoms with Crippen LogP contribution in [-0.2, 0) is 10.0 Å². The van der Waals surface area contributed by atoms with Crippen molar-refractivity contribution < 1.29 is 13.2 Å². The van der Waals surface area contributed by atoms with Crippen molar-refractivity contribution >= 4 is 43.3 Å². The van der Waals surface area contributed by atoms with Crippen molar-refractivity contribution in [1.29, 1.82) is 0 Å². The summed E-state index contributed by atoms with van der Waals surface area (Å²) >= 11 is 1.47. The Morgan fingerprint density at radius 1 is 1.14 bits per heavy atom. The number of thiophene rings is 1. The lowest BCUT2D eigenvalue weighted by Gasteiger charge is -2.20. The summed E-state index contributed by atoms with van der Waals surface area (Å²) in [5.41, 5.74) is 0.359. The largest absolute Gasteiger partial charge is 0.306 e. The monoisotopic (exact) mass is 418 g/mol. The van der Waals surface area contributed by atoms with E-state index in [1.54, 1.807) is 0 Å². The first-order chi connectivity index (χ1) is 13.5. The highest BCUT2D eigenvalue weighted by Gasteiger charge is 2.22. The van der Waals surface area contributed by atoms with Crippen LogP contribution in [0.2, 0.25) is 0 Å². The van der Waals surface area contributed by atoms with E-state index in [2.05, 4.69) is 15.3 Å². The number of nitrogens with one attached hydrogen (secondary N) is 1. The quantitative estimate of drug-likeness (QED) is 0.601.